The van der Waals surface area contributed by atoms with E-state index in [1.807, 2.05) is 48.5 Å². The number of benzene rings is 5. The Morgan fingerprint density at radius 3 is 1.46 bits per heavy atom. The average molecular weight is 862 g/mol. The monoisotopic (exact) mass is 861 g/mol. The van der Waals surface area contributed by atoms with E-state index in [4.69, 9.17) is 33.5 Å². The van der Waals surface area contributed by atoms with Crippen LogP contribution in [0, 0.1) is 0 Å². The number of nitrogens with zero attached hydrogens (tertiary/aromatic N) is 2. The van der Waals surface area contributed by atoms with Gasteiger partial charge in [0.1, 0.15) is 37.9 Å². The number of anilines is 3. The van der Waals surface area contributed by atoms with Gasteiger partial charge in [0.2, 0.25) is 0 Å². The van der Waals surface area contributed by atoms with Crippen LogP contribution < -0.4 is 24.6 Å². The number of rotatable bonds is 10. The Labute approximate surface area is 361 Å². The molecule has 0 fully saturated rings. The number of ether oxygens (including phenoxy) is 7. The minimum atomic E-state index is -0.568. The molecule has 0 saturated heterocycles. The van der Waals surface area contributed by atoms with Crippen molar-refractivity contribution in [1.82, 2.24) is 0 Å². The fourth-order valence-corrected chi connectivity index (χ4v) is 6.49. The van der Waals surface area contributed by atoms with Crippen molar-refractivity contribution in [3.05, 3.63) is 148 Å². The number of amides is 3. The molecule has 3 heterocycles. The second-order valence-electron chi connectivity index (χ2n) is 13.8. The molecule has 0 aromatic heterocycles. The Balaban J connectivity index is 0.000000162. The predicted molar refractivity (Wildman–Crippen MR) is 226 cm³/mol. The van der Waals surface area contributed by atoms with Gasteiger partial charge in [-0.05, 0) is 65.7 Å². The number of hydrogen-bond donors (Lipinski definition) is 2. The van der Waals surface area contributed by atoms with E-state index < -0.39 is 36.8 Å². The van der Waals surface area contributed by atoms with Crippen LogP contribution >= 0.6 is 0 Å². The highest BCUT2D eigenvalue weighted by atomic mass is 16.6. The molecule has 5 aromatic rings. The topological polar surface area (TPSA) is 206 Å². The van der Waals surface area contributed by atoms with Gasteiger partial charge < -0.3 is 38.3 Å². The second-order valence-corrected chi connectivity index (χ2v) is 13.8. The van der Waals surface area contributed by atoms with Crippen molar-refractivity contribution >= 4 is 53.1 Å². The van der Waals surface area contributed by atoms with Gasteiger partial charge in [-0.2, -0.15) is 0 Å². The zero-order valence-corrected chi connectivity index (χ0v) is 34.7. The van der Waals surface area contributed by atoms with Crippen LogP contribution in [-0.2, 0) is 56.6 Å². The van der Waals surface area contributed by atoms with Gasteiger partial charge in [0, 0.05) is 22.3 Å². The molecule has 3 amide bonds. The van der Waals surface area contributed by atoms with Crippen molar-refractivity contribution in [2.45, 2.75) is 32.9 Å². The smallest absolute Gasteiger partial charge is 0.414 e. The van der Waals surface area contributed by atoms with Crippen molar-refractivity contribution in [3.63, 3.8) is 0 Å². The first-order valence-electron chi connectivity index (χ1n) is 19.2. The lowest BCUT2D eigenvalue weighted by Gasteiger charge is -2.29. The highest BCUT2D eigenvalue weighted by molar-refractivity contribution is 6.00. The number of Topliss-reactive ketones (excluding diaryl/α,β-unsaturated/α-hetero) is 1. The molecule has 326 valence electrons. The maximum Gasteiger partial charge on any atom is 0.414 e. The van der Waals surface area contributed by atoms with Crippen LogP contribution in [0.25, 0.3) is 0 Å². The van der Waals surface area contributed by atoms with Gasteiger partial charge in [0.05, 0.1) is 69.7 Å². The maximum atomic E-state index is 12.2. The third-order valence-corrected chi connectivity index (χ3v) is 9.91. The lowest BCUT2D eigenvalue weighted by molar-refractivity contribution is 0.0591. The van der Waals surface area contributed by atoms with E-state index in [0.29, 0.717) is 46.8 Å². The third kappa shape index (κ3) is 10.9. The number of aliphatic hydroxyl groups is 1. The lowest BCUT2D eigenvalue weighted by Crippen LogP contribution is -2.35. The number of fused-ring (bicyclic) bond motifs is 3. The minimum absolute atomic E-state index is 0.168. The van der Waals surface area contributed by atoms with E-state index in [-0.39, 0.29) is 25.6 Å². The summed E-state index contributed by atoms with van der Waals surface area (Å²) in [5, 5.41) is 11.5. The molecule has 2 N–H and O–H groups in total. The molecule has 0 saturated carbocycles. The molecule has 0 bridgehead atoms. The summed E-state index contributed by atoms with van der Waals surface area (Å²) < 4.78 is 34.7. The van der Waals surface area contributed by atoms with Crippen LogP contribution in [0.5, 0.6) is 11.5 Å². The molecular formula is C46H43N3O14. The Kier molecular flexibility index (Phi) is 14.6. The number of esters is 2. The molecular weight excluding hydrogens is 819 g/mol. The normalized spacial score (nSPS) is 13.3. The van der Waals surface area contributed by atoms with E-state index in [9.17, 15) is 28.8 Å². The summed E-state index contributed by atoms with van der Waals surface area (Å²) in [5.41, 5.74) is 7.36. The first-order chi connectivity index (χ1) is 30.4. The van der Waals surface area contributed by atoms with Gasteiger partial charge in [0.25, 0.3) is 0 Å². The van der Waals surface area contributed by atoms with Gasteiger partial charge in [-0.15, -0.1) is 0 Å². The molecule has 0 atom stereocenters. The largest absolute Gasteiger partial charge is 0.497 e. The fraction of sp³-hybridized carbons (Fsp3) is 0.217. The van der Waals surface area contributed by atoms with Crippen molar-refractivity contribution in [1.29, 1.82) is 0 Å². The summed E-state index contributed by atoms with van der Waals surface area (Å²) in [6.07, 6.45) is -1.42. The van der Waals surface area contributed by atoms with Crippen LogP contribution in [0.2, 0.25) is 0 Å². The molecule has 0 aliphatic carbocycles. The van der Waals surface area contributed by atoms with Crippen molar-refractivity contribution < 1.29 is 67.0 Å². The van der Waals surface area contributed by atoms with Crippen molar-refractivity contribution in [2.75, 3.05) is 50.2 Å². The summed E-state index contributed by atoms with van der Waals surface area (Å²) in [4.78, 5) is 73.0. The standard InChI is InChI=1S/2C18H17NO5.C10H9NO4/c1-22-15-7-3-12(4-8-15)10-19-16-9-13(17(20)23-2)5-6-14(16)11-24-18(19)21;1-23-15-6-2-12(3-7-15)9-19-16-8-13(17(21)10-20)4-5-14(16)11-24-18(19)22;1-14-9(12)6-2-3-7-5-15-10(13)11-8(7)4-6/h3-9H,10-11H2,1-2H3;2-8,20H,9-11H2,1H3;2-4H,5H2,1H3,(H,11,13). The van der Waals surface area contributed by atoms with E-state index in [1.165, 1.54) is 24.0 Å². The SMILES string of the molecule is COC(=O)c1ccc2c(c1)N(Cc1ccc(OC)cc1)C(=O)OC2.COC(=O)c1ccc2c(c1)NC(=O)OC2.COc1ccc(CN2C(=O)OCc3ccc(C(=O)CO)cc32)cc1. The molecule has 17 nitrogen and oxygen atoms in total. The van der Waals surface area contributed by atoms with E-state index in [0.717, 1.165) is 39.3 Å². The summed E-state index contributed by atoms with van der Waals surface area (Å²) in [5.74, 6) is 0.213. The van der Waals surface area contributed by atoms with E-state index in [2.05, 4.69) is 10.1 Å². The average Bonchev–Trinajstić information content (AvgIpc) is 3.32. The molecule has 0 unspecified atom stereocenters. The number of methoxy groups -OCH3 is 4. The summed E-state index contributed by atoms with van der Waals surface area (Å²) >= 11 is 0. The fourth-order valence-electron chi connectivity index (χ4n) is 6.49. The molecule has 3 aliphatic heterocycles. The van der Waals surface area contributed by atoms with Gasteiger partial charge in [-0.3, -0.25) is 19.9 Å². The quantitative estimate of drug-likeness (QED) is 0.0810. The molecule has 0 spiro atoms. The molecule has 17 heteroatoms. The molecule has 0 radical (unpaired) electrons. The summed E-state index contributed by atoms with van der Waals surface area (Å²) in [7, 11) is 5.82. The lowest BCUT2D eigenvalue weighted by atomic mass is 10.0. The number of hydrogen-bond acceptors (Lipinski definition) is 14. The number of carbonyl (C=O) groups excluding carboxylic acids is 6. The molecule has 63 heavy (non-hydrogen) atoms. The zero-order chi connectivity index (χ0) is 45.0. The maximum absolute atomic E-state index is 12.2. The van der Waals surface area contributed by atoms with E-state index >= 15 is 0 Å². The number of carbonyl (C=O) groups is 6. The number of nitrogens with one attached hydrogen (secondary N) is 1. The molecule has 3 aliphatic rings. The van der Waals surface area contributed by atoms with Crippen molar-refractivity contribution in [3.8, 4) is 11.5 Å². The summed E-state index contributed by atoms with van der Waals surface area (Å²) in [6.45, 7) is 0.660. The number of aliphatic hydroxyl groups excluding tert-OH is 1. The Morgan fingerprint density at radius 2 is 1.00 bits per heavy atom. The van der Waals surface area contributed by atoms with Crippen LogP contribution in [0.4, 0.5) is 31.4 Å². The van der Waals surface area contributed by atoms with Crippen LogP contribution in [0.15, 0.2) is 103 Å². The highest BCUT2D eigenvalue weighted by Crippen LogP contribution is 2.32. The number of ketones is 1. The first kappa shape index (κ1) is 44.6. The molecule has 8 rings (SSSR count). The Bertz CT molecular complexity index is 2370. The zero-order valence-electron chi connectivity index (χ0n) is 34.7. The van der Waals surface area contributed by atoms with Gasteiger partial charge in [-0.1, -0.05) is 48.5 Å². The van der Waals surface area contributed by atoms with Gasteiger partial charge in [-0.25, -0.2) is 24.0 Å². The summed E-state index contributed by atoms with van der Waals surface area (Å²) in [6, 6.07) is 29.8. The highest BCUT2D eigenvalue weighted by Gasteiger charge is 2.28. The van der Waals surface area contributed by atoms with Crippen LogP contribution in [0.1, 0.15) is 58.9 Å². The second kappa shape index (κ2) is 20.6. The Morgan fingerprint density at radius 1 is 0.571 bits per heavy atom. The first-order valence-corrected chi connectivity index (χ1v) is 19.2. The number of cyclic esters (lactones) is 3. The van der Waals surface area contributed by atoms with Crippen LogP contribution in [0.3, 0.4) is 0 Å². The van der Waals surface area contributed by atoms with Crippen LogP contribution in [-0.4, -0.2) is 76.2 Å². The van der Waals surface area contributed by atoms with Gasteiger partial charge in [0.15, 0.2) is 5.78 Å². The predicted octanol–water partition coefficient (Wildman–Crippen LogP) is 7.20. The minimum Gasteiger partial charge on any atom is -0.497 e. The third-order valence-electron chi connectivity index (χ3n) is 9.91. The van der Waals surface area contributed by atoms with Gasteiger partial charge >= 0.3 is 30.2 Å². The van der Waals surface area contributed by atoms with E-state index in [1.54, 1.807) is 68.8 Å². The Hall–Kier alpha value is -7.92. The van der Waals surface area contributed by atoms with Crippen molar-refractivity contribution in [2.24, 2.45) is 0 Å². The molecule has 5 aromatic carbocycles.